The Morgan fingerprint density at radius 1 is 1.25 bits per heavy atom. The molecule has 1 fully saturated rings. The maximum Gasteiger partial charge on any atom is 0.268 e. The summed E-state index contributed by atoms with van der Waals surface area (Å²) in [5.41, 5.74) is 2.64. The lowest BCUT2D eigenvalue weighted by Crippen LogP contribution is -2.37. The smallest absolute Gasteiger partial charge is 0.268 e. The highest BCUT2D eigenvalue weighted by Crippen LogP contribution is 2.25. The standard InChI is InChI=1S/C17H19Cl2N3O2/c1-21-15(10-13(18)16(21)19)17(23)20-11-12-4-2-3-5-14(12)22-6-8-24-9-7-22/h2-5,10H,6-9,11H2,1H3,(H,20,23). The Morgan fingerprint density at radius 3 is 2.62 bits per heavy atom. The van der Waals surface area contributed by atoms with E-state index in [1.807, 2.05) is 18.2 Å². The third-order valence-electron chi connectivity index (χ3n) is 4.13. The average Bonchev–Trinajstić information content (AvgIpc) is 2.88. The molecule has 0 unspecified atom stereocenters. The molecule has 0 bridgehead atoms. The molecular weight excluding hydrogens is 349 g/mol. The van der Waals surface area contributed by atoms with Crippen LogP contribution in [0.3, 0.4) is 0 Å². The second-order valence-electron chi connectivity index (χ2n) is 5.64. The van der Waals surface area contributed by atoms with E-state index >= 15 is 0 Å². The number of hydrogen-bond acceptors (Lipinski definition) is 3. The Hall–Kier alpha value is -1.69. The van der Waals surface area contributed by atoms with E-state index < -0.39 is 0 Å². The van der Waals surface area contributed by atoms with Gasteiger partial charge in [-0.05, 0) is 17.7 Å². The summed E-state index contributed by atoms with van der Waals surface area (Å²) >= 11 is 12.0. The maximum atomic E-state index is 12.4. The number of anilines is 1. The zero-order valence-electron chi connectivity index (χ0n) is 13.4. The summed E-state index contributed by atoms with van der Waals surface area (Å²) in [5.74, 6) is -0.205. The molecule has 1 saturated heterocycles. The van der Waals surface area contributed by atoms with Gasteiger partial charge in [-0.1, -0.05) is 41.4 Å². The molecule has 24 heavy (non-hydrogen) atoms. The van der Waals surface area contributed by atoms with E-state index in [2.05, 4.69) is 16.3 Å². The van der Waals surface area contributed by atoms with E-state index in [-0.39, 0.29) is 5.91 Å². The predicted octanol–water partition coefficient (Wildman–Crippen LogP) is 3.10. The minimum Gasteiger partial charge on any atom is -0.378 e. The van der Waals surface area contributed by atoms with Crippen LogP contribution in [0.4, 0.5) is 5.69 Å². The van der Waals surface area contributed by atoms with Crippen LogP contribution in [0.2, 0.25) is 10.2 Å². The van der Waals surface area contributed by atoms with E-state index in [0.717, 1.165) is 37.6 Å². The van der Waals surface area contributed by atoms with E-state index in [0.29, 0.717) is 22.4 Å². The van der Waals surface area contributed by atoms with Crippen molar-refractivity contribution in [2.45, 2.75) is 6.54 Å². The summed E-state index contributed by atoms with van der Waals surface area (Å²) in [4.78, 5) is 14.7. The van der Waals surface area contributed by atoms with Crippen molar-refractivity contribution in [3.63, 3.8) is 0 Å². The maximum absolute atomic E-state index is 12.4. The number of para-hydroxylation sites is 1. The number of carbonyl (C=O) groups excluding carboxylic acids is 1. The van der Waals surface area contributed by atoms with Crippen molar-refractivity contribution < 1.29 is 9.53 Å². The van der Waals surface area contributed by atoms with Crippen LogP contribution in [0, 0.1) is 0 Å². The molecule has 3 rings (SSSR count). The quantitative estimate of drug-likeness (QED) is 0.902. The predicted molar refractivity (Wildman–Crippen MR) is 96.1 cm³/mol. The molecule has 1 aliphatic heterocycles. The number of ether oxygens (including phenoxy) is 1. The number of morpholine rings is 1. The van der Waals surface area contributed by atoms with Crippen LogP contribution in [0.15, 0.2) is 30.3 Å². The molecule has 2 heterocycles. The number of carbonyl (C=O) groups is 1. The van der Waals surface area contributed by atoms with Gasteiger partial charge in [0.05, 0.1) is 18.2 Å². The van der Waals surface area contributed by atoms with Gasteiger partial charge >= 0.3 is 0 Å². The van der Waals surface area contributed by atoms with Crippen LogP contribution >= 0.6 is 23.2 Å². The molecule has 0 saturated carbocycles. The number of nitrogens with zero attached hydrogens (tertiary/aromatic N) is 2. The third-order valence-corrected chi connectivity index (χ3v) is 4.97. The second-order valence-corrected chi connectivity index (χ2v) is 6.40. The Morgan fingerprint density at radius 2 is 1.96 bits per heavy atom. The molecule has 1 aromatic heterocycles. The van der Waals surface area contributed by atoms with Crippen molar-refractivity contribution in [1.82, 2.24) is 9.88 Å². The lowest BCUT2D eigenvalue weighted by Gasteiger charge is -2.30. The fraction of sp³-hybridized carbons (Fsp3) is 0.353. The highest BCUT2D eigenvalue weighted by Gasteiger charge is 2.17. The molecule has 5 nitrogen and oxygen atoms in total. The Labute approximate surface area is 151 Å². The molecular formula is C17H19Cl2N3O2. The van der Waals surface area contributed by atoms with Crippen LogP contribution < -0.4 is 10.2 Å². The first-order valence-corrected chi connectivity index (χ1v) is 8.53. The topological polar surface area (TPSA) is 46.5 Å². The van der Waals surface area contributed by atoms with Crippen LogP contribution in [-0.2, 0) is 18.3 Å². The number of rotatable bonds is 4. The first-order valence-electron chi connectivity index (χ1n) is 7.77. The fourth-order valence-corrected chi connectivity index (χ4v) is 3.18. The van der Waals surface area contributed by atoms with Crippen LogP contribution in [0.5, 0.6) is 0 Å². The van der Waals surface area contributed by atoms with Gasteiger partial charge in [0.15, 0.2) is 0 Å². The van der Waals surface area contributed by atoms with Crippen molar-refractivity contribution in [1.29, 1.82) is 0 Å². The van der Waals surface area contributed by atoms with Gasteiger partial charge < -0.3 is 19.5 Å². The fourth-order valence-electron chi connectivity index (χ4n) is 2.80. The third kappa shape index (κ3) is 3.53. The Balaban J connectivity index is 1.72. The van der Waals surface area contributed by atoms with Crippen molar-refractivity contribution in [3.05, 3.63) is 51.8 Å². The Kier molecular flexibility index (Phi) is 5.33. The molecule has 1 N–H and O–H groups in total. The number of aromatic nitrogens is 1. The zero-order chi connectivity index (χ0) is 17.1. The van der Waals surface area contributed by atoms with Crippen molar-refractivity contribution in [2.75, 3.05) is 31.2 Å². The Bertz CT molecular complexity index is 739. The first kappa shape index (κ1) is 17.1. The SMILES string of the molecule is Cn1c(C(=O)NCc2ccccc2N2CCOCC2)cc(Cl)c1Cl. The summed E-state index contributed by atoms with van der Waals surface area (Å²) in [6.07, 6.45) is 0. The van der Waals surface area contributed by atoms with Crippen LogP contribution in [0.1, 0.15) is 16.1 Å². The number of amides is 1. The average molecular weight is 368 g/mol. The van der Waals surface area contributed by atoms with Gasteiger partial charge in [0.25, 0.3) is 5.91 Å². The van der Waals surface area contributed by atoms with Crippen molar-refractivity contribution >= 4 is 34.8 Å². The molecule has 1 amide bonds. The summed E-state index contributed by atoms with van der Waals surface area (Å²) in [6, 6.07) is 9.65. The van der Waals surface area contributed by atoms with Crippen molar-refractivity contribution in [3.8, 4) is 0 Å². The highest BCUT2D eigenvalue weighted by atomic mass is 35.5. The molecule has 0 spiro atoms. The van der Waals surface area contributed by atoms with Gasteiger partial charge in [-0.15, -0.1) is 0 Å². The minimum absolute atomic E-state index is 0.205. The zero-order valence-corrected chi connectivity index (χ0v) is 14.9. The normalized spacial score (nSPS) is 14.7. The van der Waals surface area contributed by atoms with Gasteiger partial charge in [0.1, 0.15) is 10.8 Å². The van der Waals surface area contributed by atoms with Crippen molar-refractivity contribution in [2.24, 2.45) is 7.05 Å². The van der Waals surface area contributed by atoms with E-state index in [9.17, 15) is 4.79 Å². The van der Waals surface area contributed by atoms with Gasteiger partial charge in [-0.25, -0.2) is 0 Å². The second kappa shape index (κ2) is 7.47. The lowest BCUT2D eigenvalue weighted by molar-refractivity contribution is 0.0942. The molecule has 0 aliphatic carbocycles. The summed E-state index contributed by atoms with van der Waals surface area (Å²) in [5, 5.41) is 3.67. The van der Waals surface area contributed by atoms with Gasteiger partial charge in [-0.3, -0.25) is 4.79 Å². The van der Waals surface area contributed by atoms with E-state index in [1.165, 1.54) is 0 Å². The lowest BCUT2D eigenvalue weighted by atomic mass is 10.1. The summed E-state index contributed by atoms with van der Waals surface area (Å²) in [6.45, 7) is 3.59. The molecule has 1 aromatic carbocycles. The molecule has 128 valence electrons. The number of hydrogen-bond donors (Lipinski definition) is 1. The summed E-state index contributed by atoms with van der Waals surface area (Å²) in [7, 11) is 1.71. The molecule has 7 heteroatoms. The van der Waals surface area contributed by atoms with E-state index in [1.54, 1.807) is 17.7 Å². The van der Waals surface area contributed by atoms with Gasteiger partial charge in [0, 0.05) is 32.4 Å². The minimum atomic E-state index is -0.205. The largest absolute Gasteiger partial charge is 0.378 e. The van der Waals surface area contributed by atoms with Crippen LogP contribution in [-0.4, -0.2) is 36.8 Å². The van der Waals surface area contributed by atoms with Gasteiger partial charge in [0.2, 0.25) is 0 Å². The van der Waals surface area contributed by atoms with Crippen LogP contribution in [0.25, 0.3) is 0 Å². The summed E-state index contributed by atoms with van der Waals surface area (Å²) < 4.78 is 6.98. The monoisotopic (exact) mass is 367 g/mol. The molecule has 1 aliphatic rings. The highest BCUT2D eigenvalue weighted by molar-refractivity contribution is 6.41. The van der Waals surface area contributed by atoms with Gasteiger partial charge in [-0.2, -0.15) is 0 Å². The first-order chi connectivity index (χ1) is 11.6. The van der Waals surface area contributed by atoms with E-state index in [4.69, 9.17) is 27.9 Å². The number of benzene rings is 1. The number of nitrogens with one attached hydrogen (secondary N) is 1. The number of halogens is 2. The molecule has 0 atom stereocenters. The molecule has 2 aromatic rings. The molecule has 0 radical (unpaired) electrons.